The zero-order valence-corrected chi connectivity index (χ0v) is 14.0. The number of hydrogen-bond donors (Lipinski definition) is 2. The van der Waals surface area contributed by atoms with Crippen LogP contribution in [0.2, 0.25) is 5.02 Å². The molecule has 3 rings (SSSR count). The average Bonchev–Trinajstić information content (AvgIpc) is 2.63. The summed E-state index contributed by atoms with van der Waals surface area (Å²) in [4.78, 5) is 22.3. The molecule has 0 aliphatic carbocycles. The number of nitro groups is 1. The number of carbonyl (C=O) groups excluding carboxylic acids is 1. The van der Waals surface area contributed by atoms with Crippen molar-refractivity contribution in [3.05, 3.63) is 80.9 Å². The molecule has 130 valence electrons. The monoisotopic (exact) mass is 369 g/mol. The van der Waals surface area contributed by atoms with Crippen molar-refractivity contribution in [3.63, 3.8) is 0 Å². The highest BCUT2D eigenvalue weighted by molar-refractivity contribution is 6.32. The van der Waals surface area contributed by atoms with Crippen LogP contribution in [0.3, 0.4) is 0 Å². The molecule has 0 radical (unpaired) electrons. The Labute approximate surface area is 152 Å². The first-order valence-corrected chi connectivity index (χ1v) is 7.83. The van der Waals surface area contributed by atoms with Gasteiger partial charge in [0.1, 0.15) is 10.8 Å². The number of rotatable bonds is 4. The van der Waals surface area contributed by atoms with Crippen LogP contribution < -0.4 is 5.43 Å². The van der Waals surface area contributed by atoms with Gasteiger partial charge in [0.25, 0.3) is 11.6 Å². The number of nitrogens with zero attached hydrogens (tertiary/aromatic N) is 2. The minimum Gasteiger partial charge on any atom is -0.507 e. The molecule has 26 heavy (non-hydrogen) atoms. The Morgan fingerprint density at radius 2 is 1.96 bits per heavy atom. The van der Waals surface area contributed by atoms with Crippen LogP contribution in [0.25, 0.3) is 10.8 Å². The maximum absolute atomic E-state index is 12.1. The van der Waals surface area contributed by atoms with E-state index in [2.05, 4.69) is 10.5 Å². The number of fused-ring (bicyclic) bond motifs is 1. The second-order valence-corrected chi connectivity index (χ2v) is 5.75. The van der Waals surface area contributed by atoms with Crippen LogP contribution in [0.4, 0.5) is 5.69 Å². The summed E-state index contributed by atoms with van der Waals surface area (Å²) in [5.74, 6) is -0.621. The zero-order chi connectivity index (χ0) is 18.7. The van der Waals surface area contributed by atoms with Crippen molar-refractivity contribution >= 4 is 40.2 Å². The lowest BCUT2D eigenvalue weighted by Gasteiger charge is -2.05. The van der Waals surface area contributed by atoms with E-state index in [0.717, 1.165) is 16.8 Å². The van der Waals surface area contributed by atoms with Crippen molar-refractivity contribution < 1.29 is 14.8 Å². The van der Waals surface area contributed by atoms with E-state index in [0.29, 0.717) is 5.56 Å². The number of amides is 1. The van der Waals surface area contributed by atoms with Gasteiger partial charge in [-0.3, -0.25) is 14.9 Å². The third-order valence-electron chi connectivity index (χ3n) is 3.71. The number of benzene rings is 3. The second kappa shape index (κ2) is 7.20. The molecular formula is C18H12ClN3O4. The van der Waals surface area contributed by atoms with Crippen molar-refractivity contribution in [3.8, 4) is 5.75 Å². The number of phenolic OH excluding ortho intramolecular Hbond substituents is 1. The van der Waals surface area contributed by atoms with Crippen LogP contribution >= 0.6 is 11.6 Å². The van der Waals surface area contributed by atoms with Gasteiger partial charge >= 0.3 is 0 Å². The predicted molar refractivity (Wildman–Crippen MR) is 98.8 cm³/mol. The van der Waals surface area contributed by atoms with E-state index in [-0.39, 0.29) is 22.0 Å². The number of hydrogen-bond acceptors (Lipinski definition) is 5. The lowest BCUT2D eigenvalue weighted by atomic mass is 10.0. The fraction of sp³-hybridized carbons (Fsp3) is 0. The molecule has 0 atom stereocenters. The molecule has 0 fully saturated rings. The third kappa shape index (κ3) is 3.47. The number of phenols is 1. The van der Waals surface area contributed by atoms with E-state index >= 15 is 0 Å². The topological polar surface area (TPSA) is 105 Å². The van der Waals surface area contributed by atoms with E-state index in [1.807, 2.05) is 24.3 Å². The molecule has 0 unspecified atom stereocenters. The maximum atomic E-state index is 12.1. The van der Waals surface area contributed by atoms with Crippen LogP contribution in [0.15, 0.2) is 59.7 Å². The molecule has 2 N–H and O–H groups in total. The van der Waals surface area contributed by atoms with Crippen molar-refractivity contribution in [2.24, 2.45) is 5.10 Å². The van der Waals surface area contributed by atoms with Crippen molar-refractivity contribution in [1.29, 1.82) is 0 Å². The number of nitrogens with one attached hydrogen (secondary N) is 1. The number of hydrazone groups is 1. The smallest absolute Gasteiger partial charge is 0.288 e. The Morgan fingerprint density at radius 1 is 1.19 bits per heavy atom. The Bertz CT molecular complexity index is 1050. The normalized spacial score (nSPS) is 11.0. The summed E-state index contributed by atoms with van der Waals surface area (Å²) in [7, 11) is 0. The summed E-state index contributed by atoms with van der Waals surface area (Å²) in [5.41, 5.74) is 2.40. The van der Waals surface area contributed by atoms with Crippen LogP contribution in [0.1, 0.15) is 15.9 Å². The molecular weight excluding hydrogens is 358 g/mol. The highest BCUT2D eigenvalue weighted by atomic mass is 35.5. The summed E-state index contributed by atoms with van der Waals surface area (Å²) < 4.78 is 0. The highest BCUT2D eigenvalue weighted by Crippen LogP contribution is 2.26. The Kier molecular flexibility index (Phi) is 4.81. The minimum absolute atomic E-state index is 0.0174. The van der Waals surface area contributed by atoms with E-state index < -0.39 is 10.8 Å². The summed E-state index contributed by atoms with van der Waals surface area (Å²) in [6, 6.07) is 14.4. The molecule has 1 amide bonds. The first-order valence-electron chi connectivity index (χ1n) is 7.45. The van der Waals surface area contributed by atoms with Crippen molar-refractivity contribution in [1.82, 2.24) is 5.43 Å². The highest BCUT2D eigenvalue weighted by Gasteiger charge is 2.16. The van der Waals surface area contributed by atoms with Gasteiger partial charge in [-0.05, 0) is 29.0 Å². The standard InChI is InChI=1S/C18H12ClN3O4/c19-15-7-5-12(9-16(15)22(25)26)18(24)21-20-10-14-13-4-2-1-3-11(13)6-8-17(14)23/h1-10,23H,(H,21,24). The van der Waals surface area contributed by atoms with Gasteiger partial charge in [0.2, 0.25) is 0 Å². The third-order valence-corrected chi connectivity index (χ3v) is 4.03. The quantitative estimate of drug-likeness (QED) is 0.413. The van der Waals surface area contributed by atoms with Gasteiger partial charge in [0.15, 0.2) is 0 Å². The largest absolute Gasteiger partial charge is 0.507 e. The van der Waals surface area contributed by atoms with Gasteiger partial charge in [0.05, 0.1) is 11.1 Å². The fourth-order valence-electron chi connectivity index (χ4n) is 2.43. The molecule has 8 heteroatoms. The second-order valence-electron chi connectivity index (χ2n) is 5.34. The SMILES string of the molecule is O=C(NN=Cc1c(O)ccc2ccccc12)c1ccc(Cl)c([N+](=O)[O-])c1. The number of halogens is 1. The van der Waals surface area contributed by atoms with Gasteiger partial charge in [0, 0.05) is 17.2 Å². The van der Waals surface area contributed by atoms with Gasteiger partial charge in [-0.25, -0.2) is 5.43 Å². The molecule has 7 nitrogen and oxygen atoms in total. The Hall–Kier alpha value is -3.45. The number of carbonyl (C=O) groups is 1. The van der Waals surface area contributed by atoms with Gasteiger partial charge < -0.3 is 5.11 Å². The Balaban J connectivity index is 1.83. The van der Waals surface area contributed by atoms with E-state index in [4.69, 9.17) is 11.6 Å². The van der Waals surface area contributed by atoms with E-state index in [1.165, 1.54) is 24.4 Å². The van der Waals surface area contributed by atoms with Crippen LogP contribution in [-0.2, 0) is 0 Å². The molecule has 0 aromatic heterocycles. The lowest BCUT2D eigenvalue weighted by Crippen LogP contribution is -2.17. The molecule has 0 heterocycles. The van der Waals surface area contributed by atoms with Crippen molar-refractivity contribution in [2.45, 2.75) is 0 Å². The fourth-order valence-corrected chi connectivity index (χ4v) is 2.62. The van der Waals surface area contributed by atoms with Crippen LogP contribution in [0, 0.1) is 10.1 Å². The summed E-state index contributed by atoms with van der Waals surface area (Å²) >= 11 is 5.72. The van der Waals surface area contributed by atoms with E-state index in [1.54, 1.807) is 6.07 Å². The molecule has 0 bridgehead atoms. The van der Waals surface area contributed by atoms with Gasteiger partial charge in [-0.2, -0.15) is 5.10 Å². The number of aromatic hydroxyl groups is 1. The molecule has 0 aliphatic rings. The maximum Gasteiger partial charge on any atom is 0.288 e. The first-order chi connectivity index (χ1) is 12.5. The Morgan fingerprint density at radius 3 is 2.73 bits per heavy atom. The summed E-state index contributed by atoms with van der Waals surface area (Å²) in [5, 5.41) is 26.4. The van der Waals surface area contributed by atoms with Gasteiger partial charge in [-0.1, -0.05) is 41.9 Å². The first kappa shape index (κ1) is 17.4. The van der Waals surface area contributed by atoms with E-state index in [9.17, 15) is 20.0 Å². The average molecular weight is 370 g/mol. The number of nitro benzene ring substituents is 1. The predicted octanol–water partition coefficient (Wildman–Crippen LogP) is 3.87. The molecule has 0 saturated carbocycles. The molecule has 0 saturated heterocycles. The van der Waals surface area contributed by atoms with Gasteiger partial charge in [-0.15, -0.1) is 0 Å². The summed E-state index contributed by atoms with van der Waals surface area (Å²) in [6.45, 7) is 0. The molecule has 0 spiro atoms. The minimum atomic E-state index is -0.670. The molecule has 3 aromatic carbocycles. The van der Waals surface area contributed by atoms with Crippen LogP contribution in [-0.4, -0.2) is 22.2 Å². The molecule has 3 aromatic rings. The molecule has 0 aliphatic heterocycles. The lowest BCUT2D eigenvalue weighted by molar-refractivity contribution is -0.384. The van der Waals surface area contributed by atoms with Crippen molar-refractivity contribution in [2.75, 3.05) is 0 Å². The van der Waals surface area contributed by atoms with Crippen LogP contribution in [0.5, 0.6) is 5.75 Å². The zero-order valence-electron chi connectivity index (χ0n) is 13.2. The summed E-state index contributed by atoms with van der Waals surface area (Å²) in [6.07, 6.45) is 1.32.